The standard InChI is InChI=1S/C16H20N4O2S/c1-12-5-4-8-14(11-12)23(21,22)20-16-10-9-15(18-19-16)17-13-6-2-3-7-13/h4-5,8-11,13H,2-3,6-7H2,1H3,(H,17,18)(H,19,20). The molecule has 1 fully saturated rings. The van der Waals surface area contributed by atoms with Gasteiger partial charge in [-0.2, -0.15) is 0 Å². The third-order valence-electron chi connectivity index (χ3n) is 3.91. The maximum atomic E-state index is 12.3. The van der Waals surface area contributed by atoms with Crippen LogP contribution in [0.3, 0.4) is 0 Å². The summed E-state index contributed by atoms with van der Waals surface area (Å²) in [5, 5.41) is 11.3. The Balaban J connectivity index is 1.70. The summed E-state index contributed by atoms with van der Waals surface area (Å²) in [5.74, 6) is 0.888. The first kappa shape index (κ1) is 15.7. The highest BCUT2D eigenvalue weighted by molar-refractivity contribution is 7.92. The summed E-state index contributed by atoms with van der Waals surface area (Å²) in [4.78, 5) is 0.215. The molecule has 0 unspecified atom stereocenters. The van der Waals surface area contributed by atoms with Crippen LogP contribution < -0.4 is 10.0 Å². The van der Waals surface area contributed by atoms with Gasteiger partial charge in [-0.05, 0) is 49.6 Å². The molecular weight excluding hydrogens is 312 g/mol. The Kier molecular flexibility index (Phi) is 4.47. The Morgan fingerprint density at radius 1 is 1.04 bits per heavy atom. The Morgan fingerprint density at radius 3 is 2.39 bits per heavy atom. The molecule has 6 nitrogen and oxygen atoms in total. The van der Waals surface area contributed by atoms with Crippen LogP contribution in [0.15, 0.2) is 41.3 Å². The summed E-state index contributed by atoms with van der Waals surface area (Å²) in [6.07, 6.45) is 4.76. The van der Waals surface area contributed by atoms with Crippen LogP contribution in [0.5, 0.6) is 0 Å². The number of aryl methyl sites for hydroxylation is 1. The highest BCUT2D eigenvalue weighted by atomic mass is 32.2. The molecule has 1 aromatic heterocycles. The van der Waals surface area contributed by atoms with Gasteiger partial charge in [-0.1, -0.05) is 25.0 Å². The lowest BCUT2D eigenvalue weighted by Crippen LogP contribution is -2.17. The average Bonchev–Trinajstić information content (AvgIpc) is 3.02. The van der Waals surface area contributed by atoms with E-state index in [1.165, 1.54) is 12.8 Å². The molecule has 0 saturated heterocycles. The minimum Gasteiger partial charge on any atom is -0.366 e. The van der Waals surface area contributed by atoms with Gasteiger partial charge in [0, 0.05) is 6.04 Å². The van der Waals surface area contributed by atoms with Gasteiger partial charge in [0.05, 0.1) is 4.90 Å². The van der Waals surface area contributed by atoms with Crippen LogP contribution in [-0.2, 0) is 10.0 Å². The minimum absolute atomic E-state index is 0.212. The Morgan fingerprint density at radius 2 is 1.74 bits per heavy atom. The van der Waals surface area contributed by atoms with Crippen molar-refractivity contribution in [3.63, 3.8) is 0 Å². The molecule has 0 bridgehead atoms. The fourth-order valence-electron chi connectivity index (χ4n) is 2.72. The Hall–Kier alpha value is -2.15. The van der Waals surface area contributed by atoms with Crippen LogP contribution in [0.4, 0.5) is 11.6 Å². The van der Waals surface area contributed by atoms with E-state index < -0.39 is 10.0 Å². The van der Waals surface area contributed by atoms with E-state index in [1.54, 1.807) is 30.3 Å². The van der Waals surface area contributed by atoms with E-state index >= 15 is 0 Å². The number of aromatic nitrogens is 2. The van der Waals surface area contributed by atoms with Crippen molar-refractivity contribution in [1.29, 1.82) is 0 Å². The van der Waals surface area contributed by atoms with Gasteiger partial charge in [0.1, 0.15) is 5.82 Å². The number of sulfonamides is 1. The molecule has 1 aliphatic rings. The Labute approximate surface area is 136 Å². The highest BCUT2D eigenvalue weighted by Crippen LogP contribution is 2.21. The lowest BCUT2D eigenvalue weighted by molar-refractivity contribution is 0.601. The molecule has 1 aliphatic carbocycles. The second-order valence-electron chi connectivity index (χ2n) is 5.85. The predicted octanol–water partition coefficient (Wildman–Crippen LogP) is 2.94. The molecule has 1 heterocycles. The first-order chi connectivity index (χ1) is 11.0. The minimum atomic E-state index is -3.64. The summed E-state index contributed by atoms with van der Waals surface area (Å²) >= 11 is 0. The summed E-state index contributed by atoms with van der Waals surface area (Å²) in [5.41, 5.74) is 0.884. The normalized spacial score (nSPS) is 15.5. The van der Waals surface area contributed by atoms with Gasteiger partial charge < -0.3 is 5.32 Å². The van der Waals surface area contributed by atoms with Gasteiger partial charge in [-0.3, -0.25) is 4.72 Å². The van der Waals surface area contributed by atoms with Crippen molar-refractivity contribution in [2.24, 2.45) is 0 Å². The first-order valence-corrected chi connectivity index (χ1v) is 9.21. The summed E-state index contributed by atoms with van der Waals surface area (Å²) in [6, 6.07) is 10.5. The number of rotatable bonds is 5. The van der Waals surface area contributed by atoms with Gasteiger partial charge in [-0.25, -0.2) is 8.42 Å². The third kappa shape index (κ3) is 3.98. The summed E-state index contributed by atoms with van der Waals surface area (Å²) in [7, 11) is -3.64. The smallest absolute Gasteiger partial charge is 0.263 e. The van der Waals surface area contributed by atoms with Crippen molar-refractivity contribution in [2.45, 2.75) is 43.5 Å². The van der Waals surface area contributed by atoms with Crippen LogP contribution >= 0.6 is 0 Å². The van der Waals surface area contributed by atoms with Crippen molar-refractivity contribution in [2.75, 3.05) is 10.0 Å². The van der Waals surface area contributed by atoms with Crippen LogP contribution in [0.1, 0.15) is 31.2 Å². The summed E-state index contributed by atoms with van der Waals surface area (Å²) in [6.45, 7) is 1.85. The van der Waals surface area contributed by atoms with Gasteiger partial charge in [0.2, 0.25) is 0 Å². The van der Waals surface area contributed by atoms with Crippen LogP contribution in [-0.4, -0.2) is 24.7 Å². The van der Waals surface area contributed by atoms with Crippen LogP contribution in [0.2, 0.25) is 0 Å². The lowest BCUT2D eigenvalue weighted by Gasteiger charge is -2.12. The van der Waals surface area contributed by atoms with Crippen molar-refractivity contribution < 1.29 is 8.42 Å². The van der Waals surface area contributed by atoms with E-state index in [9.17, 15) is 8.42 Å². The molecule has 0 atom stereocenters. The largest absolute Gasteiger partial charge is 0.366 e. The van der Waals surface area contributed by atoms with E-state index in [1.807, 2.05) is 13.0 Å². The van der Waals surface area contributed by atoms with Gasteiger partial charge >= 0.3 is 0 Å². The lowest BCUT2D eigenvalue weighted by atomic mass is 10.2. The second kappa shape index (κ2) is 6.54. The van der Waals surface area contributed by atoms with Gasteiger partial charge in [0.15, 0.2) is 5.82 Å². The second-order valence-corrected chi connectivity index (χ2v) is 7.53. The molecule has 1 aromatic carbocycles. The highest BCUT2D eigenvalue weighted by Gasteiger charge is 2.17. The number of hydrogen-bond acceptors (Lipinski definition) is 5. The van der Waals surface area contributed by atoms with E-state index in [0.29, 0.717) is 11.9 Å². The van der Waals surface area contributed by atoms with E-state index in [4.69, 9.17) is 0 Å². The molecule has 0 aliphatic heterocycles. The molecular formula is C16H20N4O2S. The van der Waals surface area contributed by atoms with Crippen molar-refractivity contribution in [3.8, 4) is 0 Å². The molecule has 1 saturated carbocycles. The molecule has 0 amide bonds. The molecule has 7 heteroatoms. The predicted molar refractivity (Wildman–Crippen MR) is 89.9 cm³/mol. The van der Waals surface area contributed by atoms with E-state index in [2.05, 4.69) is 20.2 Å². The Bertz CT molecular complexity index is 769. The van der Waals surface area contributed by atoms with Crippen LogP contribution in [0, 0.1) is 6.92 Å². The topological polar surface area (TPSA) is 84.0 Å². The number of anilines is 2. The molecule has 122 valence electrons. The molecule has 0 spiro atoms. The molecule has 3 rings (SSSR count). The number of benzene rings is 1. The SMILES string of the molecule is Cc1cccc(S(=O)(=O)Nc2ccc(NC3CCCC3)nn2)c1. The summed E-state index contributed by atoms with van der Waals surface area (Å²) < 4.78 is 27.1. The molecule has 23 heavy (non-hydrogen) atoms. The van der Waals surface area contributed by atoms with E-state index in [-0.39, 0.29) is 10.7 Å². The average molecular weight is 332 g/mol. The van der Waals surface area contributed by atoms with Crippen molar-refractivity contribution in [1.82, 2.24) is 10.2 Å². The fraction of sp³-hybridized carbons (Fsp3) is 0.375. The zero-order chi connectivity index (χ0) is 16.3. The third-order valence-corrected chi connectivity index (χ3v) is 5.26. The molecule has 2 aromatic rings. The van der Waals surface area contributed by atoms with Gasteiger partial charge in [-0.15, -0.1) is 10.2 Å². The quantitative estimate of drug-likeness (QED) is 0.879. The fourth-order valence-corrected chi connectivity index (χ4v) is 3.82. The monoisotopic (exact) mass is 332 g/mol. The van der Waals surface area contributed by atoms with Gasteiger partial charge in [0.25, 0.3) is 10.0 Å². The van der Waals surface area contributed by atoms with Crippen LogP contribution in [0.25, 0.3) is 0 Å². The molecule has 0 radical (unpaired) electrons. The van der Waals surface area contributed by atoms with Crippen molar-refractivity contribution >= 4 is 21.7 Å². The number of nitrogens with zero attached hydrogens (tertiary/aromatic N) is 2. The van der Waals surface area contributed by atoms with Crippen molar-refractivity contribution in [3.05, 3.63) is 42.0 Å². The zero-order valence-electron chi connectivity index (χ0n) is 13.0. The maximum absolute atomic E-state index is 12.3. The molecule has 2 N–H and O–H groups in total. The van der Waals surface area contributed by atoms with E-state index in [0.717, 1.165) is 18.4 Å². The zero-order valence-corrected chi connectivity index (χ0v) is 13.8. The number of nitrogens with one attached hydrogen (secondary N) is 2. The number of hydrogen-bond donors (Lipinski definition) is 2. The maximum Gasteiger partial charge on any atom is 0.263 e. The first-order valence-electron chi connectivity index (χ1n) is 7.73.